The van der Waals surface area contributed by atoms with Crippen LogP contribution in [0.25, 0.3) is 11.1 Å². The number of rotatable bonds is 2. The first kappa shape index (κ1) is 16.5. The fourth-order valence-electron chi connectivity index (χ4n) is 1.81. The third-order valence-corrected chi connectivity index (χ3v) is 3.01. The van der Waals surface area contributed by atoms with E-state index in [2.05, 4.69) is 4.74 Å². The van der Waals surface area contributed by atoms with Gasteiger partial charge in [-0.2, -0.15) is 13.2 Å². The van der Waals surface area contributed by atoms with Crippen molar-refractivity contribution >= 4 is 11.6 Å². The highest BCUT2D eigenvalue weighted by molar-refractivity contribution is 6.33. The molecule has 0 aliphatic rings. The van der Waals surface area contributed by atoms with Crippen LogP contribution >= 0.6 is 11.6 Å². The summed E-state index contributed by atoms with van der Waals surface area (Å²) in [5, 5.41) is -0.326. The molecule has 0 saturated carbocycles. The lowest BCUT2D eigenvalue weighted by atomic mass is 10.0. The van der Waals surface area contributed by atoms with Crippen LogP contribution in [0.3, 0.4) is 0 Å². The van der Waals surface area contributed by atoms with E-state index in [-0.39, 0.29) is 16.1 Å². The lowest BCUT2D eigenvalue weighted by Gasteiger charge is -2.15. The van der Waals surface area contributed by atoms with Gasteiger partial charge in [-0.1, -0.05) is 35.9 Å². The van der Waals surface area contributed by atoms with E-state index < -0.39 is 23.9 Å². The summed E-state index contributed by atoms with van der Waals surface area (Å²) in [6.07, 6.45) is -9.52. The molecule has 0 unspecified atom stereocenters. The number of hydrogen-bond donors (Lipinski definition) is 0. The third kappa shape index (κ3) is 3.85. The van der Waals surface area contributed by atoms with Gasteiger partial charge < -0.3 is 4.74 Å². The Balaban J connectivity index is 2.49. The lowest BCUT2D eigenvalue weighted by molar-refractivity contribution is -0.274. The molecule has 0 atom stereocenters. The van der Waals surface area contributed by atoms with Crippen molar-refractivity contribution < 1.29 is 31.1 Å². The summed E-state index contributed by atoms with van der Waals surface area (Å²) in [4.78, 5) is 0. The molecule has 0 bridgehead atoms. The average Bonchev–Trinajstić information content (AvgIpc) is 2.37. The van der Waals surface area contributed by atoms with Gasteiger partial charge in [-0.25, -0.2) is 0 Å². The van der Waals surface area contributed by atoms with Crippen LogP contribution in [-0.2, 0) is 6.18 Å². The van der Waals surface area contributed by atoms with Gasteiger partial charge in [-0.15, -0.1) is 13.2 Å². The molecule has 2 aromatic rings. The lowest BCUT2D eigenvalue weighted by Crippen LogP contribution is -2.17. The fraction of sp³-hybridized carbons (Fsp3) is 0.143. The van der Waals surface area contributed by atoms with E-state index in [0.29, 0.717) is 6.07 Å². The van der Waals surface area contributed by atoms with Crippen molar-refractivity contribution in [3.8, 4) is 16.9 Å². The van der Waals surface area contributed by atoms with Crippen LogP contribution in [0.1, 0.15) is 5.56 Å². The predicted molar refractivity (Wildman–Crippen MR) is 68.6 cm³/mol. The van der Waals surface area contributed by atoms with Crippen LogP contribution in [0.4, 0.5) is 26.3 Å². The Morgan fingerprint density at radius 2 is 1.45 bits per heavy atom. The molecule has 0 aliphatic heterocycles. The number of alkyl halides is 6. The van der Waals surface area contributed by atoms with Crippen molar-refractivity contribution in [1.29, 1.82) is 0 Å². The van der Waals surface area contributed by atoms with Crippen molar-refractivity contribution in [2.24, 2.45) is 0 Å². The normalized spacial score (nSPS) is 12.3. The molecular formula is C14H7ClF6O. The van der Waals surface area contributed by atoms with Gasteiger partial charge in [0.25, 0.3) is 0 Å². The summed E-state index contributed by atoms with van der Waals surface area (Å²) in [5.74, 6) is -0.545. The van der Waals surface area contributed by atoms with Gasteiger partial charge >= 0.3 is 12.5 Å². The van der Waals surface area contributed by atoms with Crippen molar-refractivity contribution in [3.05, 3.63) is 53.1 Å². The summed E-state index contributed by atoms with van der Waals surface area (Å²) >= 11 is 5.78. The SMILES string of the molecule is FC(F)(F)Oc1ccccc1-c1ccc(C(F)(F)F)cc1Cl. The Hall–Kier alpha value is -1.89. The van der Waals surface area contributed by atoms with Crippen molar-refractivity contribution in [2.45, 2.75) is 12.5 Å². The molecule has 2 aromatic carbocycles. The number of hydrogen-bond acceptors (Lipinski definition) is 1. The molecular weight excluding hydrogens is 334 g/mol. The van der Waals surface area contributed by atoms with Crippen LogP contribution in [0.2, 0.25) is 5.02 Å². The second kappa shape index (κ2) is 5.72. The minimum absolute atomic E-state index is 0.00881. The molecule has 0 aliphatic carbocycles. The van der Waals surface area contributed by atoms with Gasteiger partial charge in [0.2, 0.25) is 0 Å². The third-order valence-electron chi connectivity index (χ3n) is 2.70. The van der Waals surface area contributed by atoms with Gasteiger partial charge in [0, 0.05) is 16.1 Å². The number of ether oxygens (including phenoxy) is 1. The summed E-state index contributed by atoms with van der Waals surface area (Å²) < 4.78 is 78.6. The monoisotopic (exact) mass is 340 g/mol. The Morgan fingerprint density at radius 3 is 2.00 bits per heavy atom. The zero-order valence-electron chi connectivity index (χ0n) is 10.6. The average molecular weight is 341 g/mol. The van der Waals surface area contributed by atoms with Gasteiger partial charge in [0.15, 0.2) is 0 Å². The summed E-state index contributed by atoms with van der Waals surface area (Å²) in [6.45, 7) is 0. The number of halogens is 7. The number of para-hydroxylation sites is 1. The molecule has 118 valence electrons. The Labute approximate surface area is 126 Å². The van der Waals surface area contributed by atoms with E-state index in [4.69, 9.17) is 11.6 Å². The Morgan fingerprint density at radius 1 is 0.818 bits per heavy atom. The molecule has 0 spiro atoms. The van der Waals surface area contributed by atoms with Crippen LogP contribution in [-0.4, -0.2) is 6.36 Å². The van der Waals surface area contributed by atoms with E-state index in [0.717, 1.165) is 18.2 Å². The van der Waals surface area contributed by atoms with E-state index in [1.165, 1.54) is 18.2 Å². The molecule has 0 heterocycles. The highest BCUT2D eigenvalue weighted by Gasteiger charge is 2.33. The molecule has 22 heavy (non-hydrogen) atoms. The Bertz CT molecular complexity index is 678. The van der Waals surface area contributed by atoms with E-state index in [1.807, 2.05) is 0 Å². The smallest absolute Gasteiger partial charge is 0.405 e. The van der Waals surface area contributed by atoms with Crippen LogP contribution in [0.5, 0.6) is 5.75 Å². The van der Waals surface area contributed by atoms with E-state index >= 15 is 0 Å². The maximum absolute atomic E-state index is 12.6. The quantitative estimate of drug-likeness (QED) is 0.616. The second-order valence-electron chi connectivity index (χ2n) is 4.24. The maximum atomic E-state index is 12.6. The Kier molecular flexibility index (Phi) is 4.28. The predicted octanol–water partition coefficient (Wildman–Crippen LogP) is 5.92. The highest BCUT2D eigenvalue weighted by atomic mass is 35.5. The maximum Gasteiger partial charge on any atom is 0.573 e. The molecule has 0 fully saturated rings. The first-order chi connectivity index (χ1) is 10.1. The summed E-state index contributed by atoms with van der Waals surface area (Å²) in [7, 11) is 0. The largest absolute Gasteiger partial charge is 0.573 e. The topological polar surface area (TPSA) is 9.23 Å². The summed E-state index contributed by atoms with van der Waals surface area (Å²) in [6, 6.07) is 7.46. The van der Waals surface area contributed by atoms with Gasteiger partial charge in [0.05, 0.1) is 5.56 Å². The molecule has 0 saturated heterocycles. The van der Waals surface area contributed by atoms with E-state index in [1.54, 1.807) is 0 Å². The first-order valence-electron chi connectivity index (χ1n) is 5.80. The van der Waals surface area contributed by atoms with Gasteiger partial charge in [0.1, 0.15) is 5.75 Å². The molecule has 0 amide bonds. The molecule has 8 heteroatoms. The number of benzene rings is 2. The minimum atomic E-state index is -4.92. The molecule has 2 rings (SSSR count). The molecule has 1 nitrogen and oxygen atoms in total. The van der Waals surface area contributed by atoms with Crippen molar-refractivity contribution in [1.82, 2.24) is 0 Å². The van der Waals surface area contributed by atoms with Crippen LogP contribution < -0.4 is 4.74 Å². The van der Waals surface area contributed by atoms with Gasteiger partial charge in [-0.3, -0.25) is 0 Å². The van der Waals surface area contributed by atoms with Crippen LogP contribution in [0, 0.1) is 0 Å². The fourth-order valence-corrected chi connectivity index (χ4v) is 2.10. The molecule has 0 aromatic heterocycles. The van der Waals surface area contributed by atoms with Crippen LogP contribution in [0.15, 0.2) is 42.5 Å². The van der Waals surface area contributed by atoms with Crippen molar-refractivity contribution in [2.75, 3.05) is 0 Å². The molecule has 0 radical (unpaired) electrons. The second-order valence-corrected chi connectivity index (χ2v) is 4.64. The van der Waals surface area contributed by atoms with Crippen molar-refractivity contribution in [3.63, 3.8) is 0 Å². The zero-order chi connectivity index (χ0) is 16.5. The standard InChI is InChI=1S/C14H7ClF6O/c15-11-7-8(13(16,17)18)5-6-9(11)10-3-1-2-4-12(10)22-14(19,20)21/h1-7H. The minimum Gasteiger partial charge on any atom is -0.405 e. The first-order valence-corrected chi connectivity index (χ1v) is 6.17. The highest BCUT2D eigenvalue weighted by Crippen LogP contribution is 2.39. The van der Waals surface area contributed by atoms with Gasteiger partial charge in [-0.05, 0) is 18.2 Å². The summed E-state index contributed by atoms with van der Waals surface area (Å²) in [5.41, 5.74) is -1.04. The zero-order valence-corrected chi connectivity index (χ0v) is 11.4. The molecule has 0 N–H and O–H groups in total. The van der Waals surface area contributed by atoms with E-state index in [9.17, 15) is 26.3 Å².